The average Bonchev–Trinajstić information content (AvgIpc) is 3.16. The number of nitrogens with zero attached hydrogens (tertiary/aromatic N) is 2. The van der Waals surface area contributed by atoms with Crippen molar-refractivity contribution in [2.24, 2.45) is 5.73 Å². The largest absolute Gasteiger partial charge is 0.462 e. The van der Waals surface area contributed by atoms with Crippen LogP contribution in [0.1, 0.15) is 63.3 Å². The molecule has 8 nitrogen and oxygen atoms in total. The molecule has 13 heteroatoms. The predicted molar refractivity (Wildman–Crippen MR) is 108 cm³/mol. The molecular weight excluding hydrogens is 461 g/mol. The second kappa shape index (κ2) is 9.27. The molecule has 1 unspecified atom stereocenters. The van der Waals surface area contributed by atoms with Crippen molar-refractivity contribution in [3.05, 3.63) is 32.4 Å². The second-order valence-corrected chi connectivity index (χ2v) is 8.01. The summed E-state index contributed by atoms with van der Waals surface area (Å²) in [6, 6.07) is -1.22. The molecule has 2 rings (SSSR count). The maximum Gasteiger partial charge on any atom is 0.436 e. The maximum atomic E-state index is 13.1. The monoisotopic (exact) mass is 480 g/mol. The number of esters is 1. The molecule has 3 N–H and O–H groups in total. The van der Waals surface area contributed by atoms with Crippen molar-refractivity contribution in [2.45, 2.75) is 46.3 Å². The summed E-state index contributed by atoms with van der Waals surface area (Å²) in [5, 5.41) is 5.28. The molecule has 0 bridgehead atoms. The Morgan fingerprint density at radius 1 is 1.32 bits per heavy atom. The fourth-order valence-electron chi connectivity index (χ4n) is 2.73. The van der Waals surface area contributed by atoms with Gasteiger partial charge in [0.2, 0.25) is 5.91 Å². The van der Waals surface area contributed by atoms with Gasteiger partial charge in [-0.15, -0.1) is 11.3 Å². The minimum Gasteiger partial charge on any atom is -0.462 e. The first-order chi connectivity index (χ1) is 14.3. The molecule has 0 saturated heterocycles. The highest BCUT2D eigenvalue weighted by atomic mass is 35.5. The van der Waals surface area contributed by atoms with Crippen LogP contribution in [-0.2, 0) is 15.7 Å². The summed E-state index contributed by atoms with van der Waals surface area (Å²) in [7, 11) is 0. The van der Waals surface area contributed by atoms with Crippen molar-refractivity contribution in [3.63, 3.8) is 0 Å². The lowest BCUT2D eigenvalue weighted by Crippen LogP contribution is -2.26. The molecule has 1 atom stereocenters. The van der Waals surface area contributed by atoms with E-state index >= 15 is 0 Å². The molecule has 2 amide bonds. The molecule has 0 fully saturated rings. The zero-order valence-corrected chi connectivity index (χ0v) is 18.6. The summed E-state index contributed by atoms with van der Waals surface area (Å²) in [6.45, 7) is 6.00. The summed E-state index contributed by atoms with van der Waals surface area (Å²) in [6.07, 6.45) is -4.24. The van der Waals surface area contributed by atoms with E-state index in [2.05, 4.69) is 10.4 Å². The van der Waals surface area contributed by atoms with Gasteiger partial charge < -0.3 is 15.8 Å². The molecule has 2 aromatic rings. The number of nitrogens with one attached hydrogen (secondary N) is 1. The number of ether oxygens (including phenoxy) is 1. The highest BCUT2D eigenvalue weighted by Crippen LogP contribution is 2.37. The fraction of sp³-hybridized carbons (Fsp3) is 0.444. The van der Waals surface area contributed by atoms with Crippen molar-refractivity contribution in [1.82, 2.24) is 9.78 Å². The van der Waals surface area contributed by atoms with Gasteiger partial charge in [-0.05, 0) is 32.8 Å². The summed E-state index contributed by atoms with van der Waals surface area (Å²) in [5.74, 6) is -2.34. The standard InChI is InChI=1S/C18H20ClF3N4O4S/c1-5-6-30-17(29)10-7(2)12(14(23)27)31-16(10)24-15(28)9(4)26-8(3)11(19)13(25-26)18(20,21)22/h9H,5-6H2,1-4H3,(H2,23,27)(H,24,28). The molecule has 0 spiro atoms. The zero-order chi connectivity index (χ0) is 23.7. The topological polar surface area (TPSA) is 116 Å². The quantitative estimate of drug-likeness (QED) is 0.579. The summed E-state index contributed by atoms with van der Waals surface area (Å²) >= 11 is 6.51. The Bertz CT molecular complexity index is 1030. The smallest absolute Gasteiger partial charge is 0.436 e. The molecule has 0 aliphatic heterocycles. The number of carbonyl (C=O) groups excluding carboxylic acids is 3. The van der Waals surface area contributed by atoms with Crippen LogP contribution in [0.3, 0.4) is 0 Å². The van der Waals surface area contributed by atoms with E-state index in [-0.39, 0.29) is 33.3 Å². The molecule has 0 radical (unpaired) electrons. The molecule has 31 heavy (non-hydrogen) atoms. The van der Waals surface area contributed by atoms with Crippen molar-refractivity contribution < 1.29 is 32.3 Å². The number of carbonyl (C=O) groups is 3. The number of amides is 2. The molecule has 0 aliphatic rings. The number of aromatic nitrogens is 2. The Hall–Kier alpha value is -2.60. The van der Waals surface area contributed by atoms with E-state index in [1.807, 2.05) is 0 Å². The second-order valence-electron chi connectivity index (χ2n) is 6.62. The van der Waals surface area contributed by atoms with Crippen LogP contribution in [0.15, 0.2) is 0 Å². The van der Waals surface area contributed by atoms with E-state index < -0.39 is 40.7 Å². The van der Waals surface area contributed by atoms with Crippen LogP contribution in [0.2, 0.25) is 5.02 Å². The summed E-state index contributed by atoms with van der Waals surface area (Å²) in [5.41, 5.74) is 4.16. The van der Waals surface area contributed by atoms with Crippen LogP contribution in [0.5, 0.6) is 0 Å². The number of hydrogen-bond acceptors (Lipinski definition) is 6. The fourth-order valence-corrected chi connectivity index (χ4v) is 4.01. The zero-order valence-electron chi connectivity index (χ0n) is 17.0. The van der Waals surface area contributed by atoms with Crippen LogP contribution in [0.4, 0.5) is 18.2 Å². The van der Waals surface area contributed by atoms with Gasteiger partial charge in [0.1, 0.15) is 11.0 Å². The van der Waals surface area contributed by atoms with Crippen LogP contribution < -0.4 is 11.1 Å². The number of hydrogen-bond donors (Lipinski definition) is 2. The van der Waals surface area contributed by atoms with Gasteiger partial charge in [0.15, 0.2) is 5.69 Å². The lowest BCUT2D eigenvalue weighted by molar-refractivity contribution is -0.141. The van der Waals surface area contributed by atoms with Crippen molar-refractivity contribution in [1.29, 1.82) is 0 Å². The molecule has 2 heterocycles. The number of primary amides is 1. The lowest BCUT2D eigenvalue weighted by Gasteiger charge is -2.15. The van der Waals surface area contributed by atoms with Gasteiger partial charge in [-0.25, -0.2) is 4.79 Å². The van der Waals surface area contributed by atoms with E-state index in [0.29, 0.717) is 6.42 Å². The van der Waals surface area contributed by atoms with Gasteiger partial charge in [0.25, 0.3) is 5.91 Å². The Labute approximate surface area is 184 Å². The first-order valence-electron chi connectivity index (χ1n) is 9.04. The van der Waals surface area contributed by atoms with Crippen LogP contribution in [-0.4, -0.2) is 34.2 Å². The Morgan fingerprint density at radius 3 is 2.42 bits per heavy atom. The normalized spacial score (nSPS) is 12.5. The van der Waals surface area contributed by atoms with E-state index in [1.54, 1.807) is 6.92 Å². The maximum absolute atomic E-state index is 13.1. The van der Waals surface area contributed by atoms with E-state index in [4.69, 9.17) is 22.1 Å². The third-order valence-electron chi connectivity index (χ3n) is 4.34. The minimum absolute atomic E-state index is 0.00351. The van der Waals surface area contributed by atoms with Crippen molar-refractivity contribution in [2.75, 3.05) is 11.9 Å². The Morgan fingerprint density at radius 2 is 1.94 bits per heavy atom. The minimum atomic E-state index is -4.79. The number of rotatable bonds is 7. The van der Waals surface area contributed by atoms with Gasteiger partial charge in [0, 0.05) is 0 Å². The third-order valence-corrected chi connectivity index (χ3v) is 6.01. The van der Waals surface area contributed by atoms with Crippen molar-refractivity contribution >= 4 is 45.7 Å². The van der Waals surface area contributed by atoms with Gasteiger partial charge >= 0.3 is 12.1 Å². The number of anilines is 1. The molecule has 0 saturated carbocycles. The summed E-state index contributed by atoms with van der Waals surface area (Å²) in [4.78, 5) is 36.9. The summed E-state index contributed by atoms with van der Waals surface area (Å²) < 4.78 is 45.1. The van der Waals surface area contributed by atoms with Crippen LogP contribution in [0, 0.1) is 13.8 Å². The first-order valence-corrected chi connectivity index (χ1v) is 10.2. The van der Waals surface area contributed by atoms with E-state index in [9.17, 15) is 27.6 Å². The van der Waals surface area contributed by atoms with Gasteiger partial charge in [-0.3, -0.25) is 14.3 Å². The first kappa shape index (κ1) is 24.7. The number of alkyl halides is 3. The molecule has 0 aromatic carbocycles. The average molecular weight is 481 g/mol. The van der Waals surface area contributed by atoms with Crippen LogP contribution >= 0.6 is 22.9 Å². The van der Waals surface area contributed by atoms with Crippen molar-refractivity contribution in [3.8, 4) is 0 Å². The van der Waals surface area contributed by atoms with E-state index in [1.165, 1.54) is 20.8 Å². The highest BCUT2D eigenvalue weighted by molar-refractivity contribution is 7.18. The molecule has 2 aromatic heterocycles. The SMILES string of the molecule is CCCOC(=O)c1c(NC(=O)C(C)n2nc(C(F)(F)F)c(Cl)c2C)sc(C(N)=O)c1C. The van der Waals surface area contributed by atoms with Gasteiger partial charge in [-0.2, -0.15) is 18.3 Å². The lowest BCUT2D eigenvalue weighted by atomic mass is 10.1. The third kappa shape index (κ3) is 5.01. The number of nitrogens with two attached hydrogens (primary N) is 1. The Kier molecular flexibility index (Phi) is 7.37. The molecule has 0 aliphatic carbocycles. The molecular formula is C18H20ClF3N4O4S. The van der Waals surface area contributed by atoms with Crippen LogP contribution in [0.25, 0.3) is 0 Å². The Balaban J connectivity index is 2.40. The number of halogens is 4. The molecule has 170 valence electrons. The number of thiophene rings is 1. The van der Waals surface area contributed by atoms with Gasteiger partial charge in [-0.1, -0.05) is 18.5 Å². The predicted octanol–water partition coefficient (Wildman–Crippen LogP) is 4.10. The van der Waals surface area contributed by atoms with E-state index in [0.717, 1.165) is 16.0 Å². The van der Waals surface area contributed by atoms with Gasteiger partial charge in [0.05, 0.1) is 27.8 Å². The highest BCUT2D eigenvalue weighted by Gasteiger charge is 2.39.